The van der Waals surface area contributed by atoms with E-state index in [2.05, 4.69) is 0 Å². The number of aromatic nitrogens is 2. The van der Waals surface area contributed by atoms with Crippen LogP contribution in [0.5, 0.6) is 5.75 Å². The van der Waals surface area contributed by atoms with Gasteiger partial charge in [-0.3, -0.25) is 19.3 Å². The van der Waals surface area contributed by atoms with Crippen molar-refractivity contribution in [1.29, 1.82) is 0 Å². The maximum absolute atomic E-state index is 14.6. The van der Waals surface area contributed by atoms with E-state index in [-0.39, 0.29) is 35.8 Å². The van der Waals surface area contributed by atoms with Gasteiger partial charge in [-0.15, -0.1) is 11.8 Å². The van der Waals surface area contributed by atoms with Gasteiger partial charge in [-0.1, -0.05) is 42.5 Å². The number of piperazine rings is 1. The molecule has 11 heteroatoms. The maximum atomic E-state index is 14.6. The fourth-order valence-electron chi connectivity index (χ4n) is 5.67. The van der Waals surface area contributed by atoms with Crippen molar-refractivity contribution in [2.45, 2.75) is 12.2 Å². The quantitative estimate of drug-likeness (QED) is 0.317. The van der Waals surface area contributed by atoms with E-state index in [9.17, 15) is 18.8 Å². The van der Waals surface area contributed by atoms with E-state index in [0.717, 1.165) is 11.1 Å². The number of carbonyl (C=O) groups is 3. The topological polar surface area (TPSA) is 88.0 Å². The van der Waals surface area contributed by atoms with Crippen LogP contribution in [0.1, 0.15) is 23.3 Å². The molecule has 1 fully saturated rings. The lowest BCUT2D eigenvalue weighted by molar-refractivity contribution is -0.137. The van der Waals surface area contributed by atoms with E-state index < -0.39 is 5.25 Å². The third-order valence-electron chi connectivity index (χ3n) is 7.98. The summed E-state index contributed by atoms with van der Waals surface area (Å²) in [6.07, 6.45) is 0. The predicted molar refractivity (Wildman–Crippen MR) is 167 cm³/mol. The summed E-state index contributed by atoms with van der Waals surface area (Å²) in [6, 6.07) is 23.4. The van der Waals surface area contributed by atoms with Gasteiger partial charge >= 0.3 is 0 Å². The van der Waals surface area contributed by atoms with Gasteiger partial charge < -0.3 is 14.5 Å². The maximum Gasteiger partial charge on any atom is 0.242 e. The molecule has 1 aromatic heterocycles. The molecule has 2 aliphatic rings. The zero-order chi connectivity index (χ0) is 30.8. The Labute approximate surface area is 259 Å². The SMILES string of the molecule is COc1ccc(-n2nc(-c3ccccc3)c3c2N(CC(=O)N2CCN(C(C)=O)CC2)C(=O)CS[C@@H]3c2cccc(F)c2)cc1. The average Bonchev–Trinajstić information content (AvgIpc) is 3.37. The van der Waals surface area contributed by atoms with Crippen LogP contribution in [0.2, 0.25) is 0 Å². The van der Waals surface area contributed by atoms with E-state index in [1.165, 1.54) is 35.7 Å². The second kappa shape index (κ2) is 12.5. The molecule has 0 bridgehead atoms. The highest BCUT2D eigenvalue weighted by atomic mass is 32.2. The summed E-state index contributed by atoms with van der Waals surface area (Å²) in [5.41, 5.74) is 3.57. The fourth-order valence-corrected chi connectivity index (χ4v) is 6.86. The summed E-state index contributed by atoms with van der Waals surface area (Å²) in [4.78, 5) is 44.5. The zero-order valence-electron chi connectivity index (χ0n) is 24.5. The molecule has 226 valence electrons. The highest BCUT2D eigenvalue weighted by Crippen LogP contribution is 2.48. The predicted octanol–water partition coefficient (Wildman–Crippen LogP) is 4.55. The molecule has 0 radical (unpaired) electrons. The number of hydrogen-bond acceptors (Lipinski definition) is 6. The molecule has 2 aliphatic heterocycles. The molecular formula is C33H32FN5O4S. The van der Waals surface area contributed by atoms with Gasteiger partial charge in [-0.25, -0.2) is 9.07 Å². The Balaban J connectivity index is 1.51. The van der Waals surface area contributed by atoms with Crippen LogP contribution in [-0.2, 0) is 14.4 Å². The van der Waals surface area contributed by atoms with Gasteiger partial charge in [0.1, 0.15) is 23.9 Å². The van der Waals surface area contributed by atoms with E-state index in [0.29, 0.717) is 54.7 Å². The van der Waals surface area contributed by atoms with Gasteiger partial charge in [-0.05, 0) is 42.0 Å². The Morgan fingerprint density at radius 3 is 2.32 bits per heavy atom. The number of anilines is 1. The number of rotatable bonds is 6. The number of fused-ring (bicyclic) bond motifs is 1. The van der Waals surface area contributed by atoms with Crippen molar-refractivity contribution >= 4 is 35.3 Å². The molecule has 44 heavy (non-hydrogen) atoms. The summed E-state index contributed by atoms with van der Waals surface area (Å²) in [7, 11) is 1.59. The van der Waals surface area contributed by atoms with E-state index in [4.69, 9.17) is 9.84 Å². The number of halogens is 1. The average molecular weight is 614 g/mol. The van der Waals surface area contributed by atoms with Gasteiger partial charge in [0.15, 0.2) is 0 Å². The fraction of sp³-hybridized carbons (Fsp3) is 0.273. The monoisotopic (exact) mass is 613 g/mol. The zero-order valence-corrected chi connectivity index (χ0v) is 25.3. The van der Waals surface area contributed by atoms with Gasteiger partial charge in [0.25, 0.3) is 0 Å². The van der Waals surface area contributed by atoms with Crippen molar-refractivity contribution < 1.29 is 23.5 Å². The van der Waals surface area contributed by atoms with Crippen LogP contribution < -0.4 is 9.64 Å². The van der Waals surface area contributed by atoms with Crippen LogP contribution in [0.15, 0.2) is 78.9 Å². The minimum Gasteiger partial charge on any atom is -0.497 e. The number of methoxy groups -OCH3 is 1. The van der Waals surface area contributed by atoms with Crippen LogP contribution in [0.3, 0.4) is 0 Å². The largest absolute Gasteiger partial charge is 0.497 e. The number of ether oxygens (including phenoxy) is 1. The number of benzene rings is 3. The Morgan fingerprint density at radius 1 is 0.955 bits per heavy atom. The standard InChI is InChI=1S/C33H32FN5O4S/c1-22(40)36-15-17-37(18-16-36)28(41)20-38-29(42)21-44-32(24-9-6-10-25(34)19-24)30-31(23-7-4-3-5-8-23)35-39(33(30)38)26-11-13-27(43-2)14-12-26/h3-14,19,32H,15-18,20-21H2,1-2H3/t32-/m1/s1. The Hall–Kier alpha value is -4.64. The van der Waals surface area contributed by atoms with Crippen molar-refractivity contribution in [1.82, 2.24) is 19.6 Å². The third kappa shape index (κ3) is 5.79. The van der Waals surface area contributed by atoms with Crippen molar-refractivity contribution in [3.05, 3.63) is 95.8 Å². The summed E-state index contributed by atoms with van der Waals surface area (Å²) >= 11 is 1.39. The molecule has 3 aromatic carbocycles. The minimum absolute atomic E-state index is 0.0262. The number of amides is 3. The van der Waals surface area contributed by atoms with Gasteiger partial charge in [-0.2, -0.15) is 5.10 Å². The molecule has 0 N–H and O–H groups in total. The summed E-state index contributed by atoms with van der Waals surface area (Å²) < 4.78 is 21.7. The molecule has 0 unspecified atom stereocenters. The van der Waals surface area contributed by atoms with Crippen LogP contribution in [-0.4, -0.2) is 82.9 Å². The van der Waals surface area contributed by atoms with Crippen LogP contribution in [0.4, 0.5) is 10.2 Å². The summed E-state index contributed by atoms with van der Waals surface area (Å²) in [6.45, 7) is 2.99. The highest BCUT2D eigenvalue weighted by molar-refractivity contribution is 8.00. The molecule has 3 heterocycles. The number of nitrogens with zero attached hydrogens (tertiary/aromatic N) is 5. The van der Waals surface area contributed by atoms with Gasteiger partial charge in [0.05, 0.1) is 29.5 Å². The Kier molecular flexibility index (Phi) is 8.38. The lowest BCUT2D eigenvalue weighted by atomic mass is 9.99. The highest BCUT2D eigenvalue weighted by Gasteiger charge is 2.38. The molecule has 0 aliphatic carbocycles. The first-order chi connectivity index (χ1) is 21.3. The molecule has 1 saturated heterocycles. The molecular weight excluding hydrogens is 581 g/mol. The molecule has 0 saturated carbocycles. The number of hydrogen-bond donors (Lipinski definition) is 0. The number of carbonyl (C=O) groups excluding carboxylic acids is 3. The minimum atomic E-state index is -0.439. The second-order valence-electron chi connectivity index (χ2n) is 10.7. The summed E-state index contributed by atoms with van der Waals surface area (Å²) in [5.74, 6) is 0.344. The lowest BCUT2D eigenvalue weighted by Gasteiger charge is -2.35. The third-order valence-corrected chi connectivity index (χ3v) is 9.23. The summed E-state index contributed by atoms with van der Waals surface area (Å²) in [5, 5.41) is 4.63. The van der Waals surface area contributed by atoms with Crippen LogP contribution >= 0.6 is 11.8 Å². The van der Waals surface area contributed by atoms with Crippen LogP contribution in [0, 0.1) is 5.82 Å². The van der Waals surface area contributed by atoms with Crippen molar-refractivity contribution in [2.75, 3.05) is 50.5 Å². The van der Waals surface area contributed by atoms with Crippen molar-refractivity contribution in [2.24, 2.45) is 0 Å². The molecule has 0 spiro atoms. The Bertz CT molecular complexity index is 1690. The van der Waals surface area contributed by atoms with Crippen molar-refractivity contribution in [3.63, 3.8) is 0 Å². The normalized spacial score (nSPS) is 16.8. The molecule has 4 aromatic rings. The molecule has 6 rings (SSSR count). The van der Waals surface area contributed by atoms with E-state index in [1.807, 2.05) is 60.7 Å². The smallest absolute Gasteiger partial charge is 0.242 e. The first-order valence-corrected chi connectivity index (χ1v) is 15.4. The number of thioether (sulfide) groups is 1. The molecule has 9 nitrogen and oxygen atoms in total. The Morgan fingerprint density at radius 2 is 1.66 bits per heavy atom. The first kappa shape index (κ1) is 29.4. The van der Waals surface area contributed by atoms with Crippen molar-refractivity contribution in [3.8, 4) is 22.7 Å². The van der Waals surface area contributed by atoms with Gasteiger partial charge in [0.2, 0.25) is 17.7 Å². The molecule has 3 amide bonds. The molecule has 1 atom stereocenters. The van der Waals surface area contributed by atoms with Gasteiger partial charge in [0, 0.05) is 44.2 Å². The lowest BCUT2D eigenvalue weighted by Crippen LogP contribution is -2.53. The van der Waals surface area contributed by atoms with E-state index in [1.54, 1.807) is 27.7 Å². The first-order valence-electron chi connectivity index (χ1n) is 14.4. The van der Waals surface area contributed by atoms with Crippen LogP contribution in [0.25, 0.3) is 16.9 Å². The second-order valence-corrected chi connectivity index (χ2v) is 11.8. The van der Waals surface area contributed by atoms with E-state index >= 15 is 0 Å².